The number of hydrogen-bond acceptors (Lipinski definition) is 2. The van der Waals surface area contributed by atoms with Crippen molar-refractivity contribution >= 4 is 76.2 Å². The summed E-state index contributed by atoms with van der Waals surface area (Å²) in [5, 5.41) is 11.8. The topological polar surface area (TPSA) is 26.3 Å². The van der Waals surface area contributed by atoms with E-state index in [9.17, 15) is 0 Å². The van der Waals surface area contributed by atoms with E-state index in [0.29, 0.717) is 0 Å². The predicted octanol–water partition coefficient (Wildman–Crippen LogP) is 12.3. The number of para-hydroxylation sites is 2. The van der Waals surface area contributed by atoms with Crippen molar-refractivity contribution in [3.05, 3.63) is 146 Å². The summed E-state index contributed by atoms with van der Waals surface area (Å²) in [6.07, 6.45) is 0. The Kier molecular flexibility index (Phi) is 4.75. The Morgan fingerprint density at radius 2 is 0.773 bits per heavy atom. The van der Waals surface area contributed by atoms with Gasteiger partial charge >= 0.3 is 0 Å². The van der Waals surface area contributed by atoms with Crippen LogP contribution < -0.4 is 0 Å². The molecule has 0 fully saturated rings. The van der Waals surface area contributed by atoms with Gasteiger partial charge in [0.05, 0.1) is 0 Å². The molecule has 0 radical (unpaired) electrons. The normalized spacial score (nSPS) is 12.1. The van der Waals surface area contributed by atoms with Gasteiger partial charge in [0.1, 0.15) is 22.3 Å². The molecule has 0 bridgehead atoms. The first-order chi connectivity index (χ1) is 21.8. The molecule has 2 heteroatoms. The molecule has 2 heterocycles. The van der Waals surface area contributed by atoms with E-state index in [0.717, 1.165) is 49.3 Å². The van der Waals surface area contributed by atoms with E-state index in [1.807, 2.05) is 18.2 Å². The zero-order chi connectivity index (χ0) is 28.8. The monoisotopic (exact) mass is 560 g/mol. The molecule has 0 N–H and O–H groups in total. The summed E-state index contributed by atoms with van der Waals surface area (Å²) in [5.74, 6) is 0. The number of benzene rings is 8. The first-order valence-corrected chi connectivity index (χ1v) is 15.0. The van der Waals surface area contributed by atoms with Gasteiger partial charge in [0, 0.05) is 26.9 Å². The lowest BCUT2D eigenvalue weighted by Crippen LogP contribution is -1.92. The second kappa shape index (κ2) is 8.82. The van der Waals surface area contributed by atoms with Crippen LogP contribution in [0.4, 0.5) is 0 Å². The van der Waals surface area contributed by atoms with E-state index >= 15 is 0 Å². The van der Waals surface area contributed by atoms with Gasteiger partial charge < -0.3 is 8.83 Å². The number of furan rings is 2. The van der Waals surface area contributed by atoms with Crippen molar-refractivity contribution in [1.82, 2.24) is 0 Å². The molecule has 0 atom stereocenters. The average Bonchev–Trinajstić information content (AvgIpc) is 3.65. The fourth-order valence-electron chi connectivity index (χ4n) is 7.36. The summed E-state index contributed by atoms with van der Waals surface area (Å²) >= 11 is 0. The average molecular weight is 561 g/mol. The van der Waals surface area contributed by atoms with Crippen LogP contribution in [0.25, 0.3) is 98.4 Å². The van der Waals surface area contributed by atoms with Crippen LogP contribution in [0.3, 0.4) is 0 Å². The van der Waals surface area contributed by atoms with E-state index in [-0.39, 0.29) is 0 Å². The van der Waals surface area contributed by atoms with E-state index in [1.54, 1.807) is 0 Å². The highest BCUT2D eigenvalue weighted by atomic mass is 16.3. The molecule has 0 spiro atoms. The van der Waals surface area contributed by atoms with E-state index in [2.05, 4.69) is 127 Å². The largest absolute Gasteiger partial charge is 0.456 e. The molecule has 2 aromatic heterocycles. The summed E-state index contributed by atoms with van der Waals surface area (Å²) in [4.78, 5) is 0. The van der Waals surface area contributed by atoms with Crippen LogP contribution in [0.5, 0.6) is 0 Å². The summed E-state index contributed by atoms with van der Waals surface area (Å²) in [6, 6.07) is 52.0. The summed E-state index contributed by atoms with van der Waals surface area (Å²) in [6.45, 7) is 0. The van der Waals surface area contributed by atoms with Crippen molar-refractivity contribution in [2.24, 2.45) is 0 Å². The number of hydrogen-bond donors (Lipinski definition) is 0. The molecular formula is C42H24O2. The Balaban J connectivity index is 1.36. The van der Waals surface area contributed by atoms with Gasteiger partial charge in [0.15, 0.2) is 0 Å². The third-order valence-electron chi connectivity index (χ3n) is 9.25. The van der Waals surface area contributed by atoms with Crippen LogP contribution in [0, 0.1) is 0 Å². The minimum Gasteiger partial charge on any atom is -0.456 e. The highest BCUT2D eigenvalue weighted by Crippen LogP contribution is 2.48. The Morgan fingerprint density at radius 1 is 0.295 bits per heavy atom. The van der Waals surface area contributed by atoms with E-state index in [4.69, 9.17) is 8.83 Å². The molecule has 10 aromatic rings. The van der Waals surface area contributed by atoms with Gasteiger partial charge in [0.25, 0.3) is 0 Å². The SMILES string of the molecule is c1ccc2c(c1)oc1ccc(-c3c4ccccc4c(-c4cc5c6ccccc6oc5c5ccccc45)c4ccccc34)cc12. The minimum absolute atomic E-state index is 0.910. The quantitative estimate of drug-likeness (QED) is 0.197. The van der Waals surface area contributed by atoms with Gasteiger partial charge in [-0.3, -0.25) is 0 Å². The minimum atomic E-state index is 0.910. The summed E-state index contributed by atoms with van der Waals surface area (Å²) in [7, 11) is 0. The predicted molar refractivity (Wildman–Crippen MR) is 184 cm³/mol. The standard InChI is InChI=1S/C42H24O2/c1-6-18-33-26(11-1)35(24-36-28-13-8-10-20-38(28)44-42(33)36)41-31-16-4-2-14-29(31)40(30-15-3-5-17-32(30)41)25-21-22-39-34(23-25)27-12-7-9-19-37(27)43-39/h1-24H. The van der Waals surface area contributed by atoms with Crippen molar-refractivity contribution in [1.29, 1.82) is 0 Å². The van der Waals surface area contributed by atoms with Gasteiger partial charge in [-0.15, -0.1) is 0 Å². The lowest BCUT2D eigenvalue weighted by Gasteiger charge is -2.19. The maximum Gasteiger partial charge on any atom is 0.143 e. The third kappa shape index (κ3) is 3.20. The van der Waals surface area contributed by atoms with Crippen LogP contribution in [0.2, 0.25) is 0 Å². The van der Waals surface area contributed by atoms with Crippen molar-refractivity contribution in [2.45, 2.75) is 0 Å². The van der Waals surface area contributed by atoms with Gasteiger partial charge in [-0.2, -0.15) is 0 Å². The maximum absolute atomic E-state index is 6.46. The molecule has 0 amide bonds. The third-order valence-corrected chi connectivity index (χ3v) is 9.25. The Labute approximate surface area is 252 Å². The van der Waals surface area contributed by atoms with Crippen molar-refractivity contribution in [3.63, 3.8) is 0 Å². The Morgan fingerprint density at radius 3 is 1.43 bits per heavy atom. The lowest BCUT2D eigenvalue weighted by molar-refractivity contribution is 0.669. The van der Waals surface area contributed by atoms with Gasteiger partial charge in [0.2, 0.25) is 0 Å². The highest BCUT2D eigenvalue weighted by Gasteiger charge is 2.21. The van der Waals surface area contributed by atoms with Crippen LogP contribution >= 0.6 is 0 Å². The second-order valence-electron chi connectivity index (χ2n) is 11.6. The summed E-state index contributed by atoms with van der Waals surface area (Å²) in [5.41, 5.74) is 8.57. The molecule has 0 aliphatic carbocycles. The first kappa shape index (κ1) is 23.7. The van der Waals surface area contributed by atoms with Crippen LogP contribution in [0.15, 0.2) is 154 Å². The molecule has 0 saturated heterocycles. The molecule has 204 valence electrons. The molecule has 10 rings (SSSR count). The van der Waals surface area contributed by atoms with Crippen molar-refractivity contribution in [2.75, 3.05) is 0 Å². The van der Waals surface area contributed by atoms with Crippen LogP contribution in [0.1, 0.15) is 0 Å². The molecule has 2 nitrogen and oxygen atoms in total. The number of fused-ring (bicyclic) bond motifs is 10. The molecule has 0 aliphatic rings. The molecule has 8 aromatic carbocycles. The van der Waals surface area contributed by atoms with Gasteiger partial charge in [-0.25, -0.2) is 0 Å². The van der Waals surface area contributed by atoms with Gasteiger partial charge in [-0.1, -0.05) is 115 Å². The van der Waals surface area contributed by atoms with E-state index < -0.39 is 0 Å². The molecule has 0 aliphatic heterocycles. The Hall–Kier alpha value is -5.86. The zero-order valence-corrected chi connectivity index (χ0v) is 23.7. The van der Waals surface area contributed by atoms with E-state index in [1.165, 1.54) is 49.2 Å². The smallest absolute Gasteiger partial charge is 0.143 e. The fraction of sp³-hybridized carbons (Fsp3) is 0. The first-order valence-electron chi connectivity index (χ1n) is 15.0. The zero-order valence-electron chi connectivity index (χ0n) is 23.7. The van der Waals surface area contributed by atoms with Crippen LogP contribution in [-0.2, 0) is 0 Å². The molecule has 0 saturated carbocycles. The molecule has 0 unspecified atom stereocenters. The number of rotatable bonds is 2. The van der Waals surface area contributed by atoms with Crippen molar-refractivity contribution < 1.29 is 8.83 Å². The fourth-order valence-corrected chi connectivity index (χ4v) is 7.36. The van der Waals surface area contributed by atoms with Crippen molar-refractivity contribution in [3.8, 4) is 22.3 Å². The molecule has 44 heavy (non-hydrogen) atoms. The van der Waals surface area contributed by atoms with Crippen LogP contribution in [-0.4, -0.2) is 0 Å². The maximum atomic E-state index is 6.46. The Bertz CT molecular complexity index is 2720. The van der Waals surface area contributed by atoms with Gasteiger partial charge in [-0.05, 0) is 79.5 Å². The summed E-state index contributed by atoms with van der Waals surface area (Å²) < 4.78 is 12.6. The highest BCUT2D eigenvalue weighted by molar-refractivity contribution is 6.27. The lowest BCUT2D eigenvalue weighted by atomic mass is 9.84. The second-order valence-corrected chi connectivity index (χ2v) is 11.6. The molecular weight excluding hydrogens is 536 g/mol.